The summed E-state index contributed by atoms with van der Waals surface area (Å²) in [4.78, 5) is 12.2. The van der Waals surface area contributed by atoms with Crippen LogP contribution in [-0.2, 0) is 35.8 Å². The van der Waals surface area contributed by atoms with Gasteiger partial charge >= 0.3 is 0 Å². The van der Waals surface area contributed by atoms with Gasteiger partial charge in [-0.15, -0.1) is 0 Å². The van der Waals surface area contributed by atoms with Crippen molar-refractivity contribution < 1.29 is 8.42 Å². The molecule has 1 aliphatic heterocycles. The zero-order chi connectivity index (χ0) is 24.7. The predicted octanol–water partition coefficient (Wildman–Crippen LogP) is 3.98. The first-order valence-electron chi connectivity index (χ1n) is 12.8. The molecule has 0 atom stereocenters. The number of pyridine rings is 1. The molecular weight excluding hydrogens is 470 g/mol. The maximum Gasteiger partial charge on any atom is 0.243 e. The van der Waals surface area contributed by atoms with Gasteiger partial charge in [0.25, 0.3) is 0 Å². The summed E-state index contributed by atoms with van der Waals surface area (Å²) in [6.45, 7) is 5.06. The molecule has 6 rings (SSSR count). The lowest BCUT2D eigenvalue weighted by Crippen LogP contribution is -2.48. The molecule has 2 aromatic carbocycles. The van der Waals surface area contributed by atoms with E-state index in [0.29, 0.717) is 37.6 Å². The zero-order valence-electron chi connectivity index (χ0n) is 20.6. The Balaban J connectivity index is 1.21. The first-order valence-corrected chi connectivity index (χ1v) is 14.2. The largest absolute Gasteiger partial charge is 0.293 e. The van der Waals surface area contributed by atoms with Crippen LogP contribution in [0.5, 0.6) is 0 Å². The Morgan fingerprint density at radius 1 is 0.917 bits per heavy atom. The molecule has 2 aromatic heterocycles. The number of piperazine rings is 1. The maximum atomic E-state index is 13.3. The highest BCUT2D eigenvalue weighted by Crippen LogP contribution is 2.27. The Kier molecular flexibility index (Phi) is 6.11. The minimum Gasteiger partial charge on any atom is -0.293 e. The summed E-state index contributed by atoms with van der Waals surface area (Å²) in [5.74, 6) is 0.919. The van der Waals surface area contributed by atoms with Crippen molar-refractivity contribution in [3.63, 3.8) is 0 Å². The summed E-state index contributed by atoms with van der Waals surface area (Å²) >= 11 is 0. The fourth-order valence-corrected chi connectivity index (χ4v) is 6.88. The molecule has 1 aliphatic carbocycles. The van der Waals surface area contributed by atoms with Crippen molar-refractivity contribution in [1.82, 2.24) is 23.7 Å². The van der Waals surface area contributed by atoms with Gasteiger partial charge in [-0.05, 0) is 78.8 Å². The first kappa shape index (κ1) is 23.3. The highest BCUT2D eigenvalue weighted by Gasteiger charge is 2.30. The number of hydrogen-bond acceptors (Lipinski definition) is 5. The third kappa shape index (κ3) is 4.23. The number of aryl methyl sites for hydroxylation is 3. The highest BCUT2D eigenvalue weighted by atomic mass is 32.2. The summed E-state index contributed by atoms with van der Waals surface area (Å²) in [5.41, 5.74) is 6.52. The topological polar surface area (TPSA) is 71.3 Å². The van der Waals surface area contributed by atoms with E-state index in [1.54, 1.807) is 16.6 Å². The number of hydrogen-bond donors (Lipinski definition) is 0. The van der Waals surface area contributed by atoms with Crippen molar-refractivity contribution in [3.05, 3.63) is 83.3 Å². The molecule has 0 unspecified atom stereocenters. The van der Waals surface area contributed by atoms with E-state index in [2.05, 4.69) is 45.6 Å². The van der Waals surface area contributed by atoms with Gasteiger partial charge in [-0.25, -0.2) is 18.4 Å². The minimum atomic E-state index is -3.48. The molecule has 0 N–H and O–H groups in total. The van der Waals surface area contributed by atoms with Crippen molar-refractivity contribution in [2.24, 2.45) is 0 Å². The normalized spacial score (nSPS) is 17.0. The van der Waals surface area contributed by atoms with Crippen LogP contribution in [-0.4, -0.2) is 58.3 Å². The van der Waals surface area contributed by atoms with Crippen molar-refractivity contribution in [3.8, 4) is 5.69 Å². The first-order chi connectivity index (χ1) is 17.5. The number of benzene rings is 2. The number of fused-ring (bicyclic) bond motifs is 2. The van der Waals surface area contributed by atoms with Crippen LogP contribution in [0.2, 0.25) is 0 Å². The molecule has 2 aliphatic rings. The molecule has 3 heterocycles. The van der Waals surface area contributed by atoms with Crippen LogP contribution in [0.15, 0.2) is 65.7 Å². The van der Waals surface area contributed by atoms with Gasteiger partial charge in [-0.3, -0.25) is 9.47 Å². The van der Waals surface area contributed by atoms with Crippen LogP contribution in [0.1, 0.15) is 35.9 Å². The van der Waals surface area contributed by atoms with Gasteiger partial charge in [0.2, 0.25) is 10.0 Å². The maximum absolute atomic E-state index is 13.3. The van der Waals surface area contributed by atoms with E-state index in [-0.39, 0.29) is 0 Å². The second kappa shape index (κ2) is 9.42. The molecule has 0 amide bonds. The number of nitrogens with zero attached hydrogens (tertiary/aromatic N) is 5. The summed E-state index contributed by atoms with van der Waals surface area (Å²) in [6, 6.07) is 18.1. The van der Waals surface area contributed by atoms with Crippen LogP contribution in [0, 0.1) is 0 Å². The molecule has 0 radical (unpaired) electrons. The fourth-order valence-electron chi connectivity index (χ4n) is 5.40. The van der Waals surface area contributed by atoms with Crippen LogP contribution in [0.4, 0.5) is 0 Å². The van der Waals surface area contributed by atoms with Gasteiger partial charge in [0, 0.05) is 38.1 Å². The van der Waals surface area contributed by atoms with E-state index < -0.39 is 10.0 Å². The summed E-state index contributed by atoms with van der Waals surface area (Å²) in [5, 5.41) is 0. The van der Waals surface area contributed by atoms with Crippen molar-refractivity contribution in [2.75, 3.05) is 26.2 Å². The van der Waals surface area contributed by atoms with Crippen LogP contribution in [0.25, 0.3) is 16.9 Å². The van der Waals surface area contributed by atoms with Crippen LogP contribution >= 0.6 is 0 Å². The zero-order valence-corrected chi connectivity index (χ0v) is 21.4. The van der Waals surface area contributed by atoms with Gasteiger partial charge < -0.3 is 0 Å². The van der Waals surface area contributed by atoms with E-state index in [0.717, 1.165) is 48.4 Å². The standard InChI is InChI=1S/C28H31N5O2S/c1-2-21-8-11-24(12-9-21)33-27(30-26-7-4-14-29-28(26)33)20-31-15-17-32(18-16-31)36(34,35)25-13-10-22-5-3-6-23(22)19-25/h4,7-14,19H,2-3,5-6,15-18,20H2,1H3. The predicted molar refractivity (Wildman–Crippen MR) is 141 cm³/mol. The highest BCUT2D eigenvalue weighted by molar-refractivity contribution is 7.89. The van der Waals surface area contributed by atoms with E-state index in [4.69, 9.17) is 4.98 Å². The molecule has 1 fully saturated rings. The van der Waals surface area contributed by atoms with E-state index in [9.17, 15) is 8.42 Å². The Labute approximate surface area is 212 Å². The van der Waals surface area contributed by atoms with Crippen molar-refractivity contribution in [2.45, 2.75) is 44.0 Å². The molecule has 0 saturated carbocycles. The second-order valence-corrected chi connectivity index (χ2v) is 11.6. The Bertz CT molecular complexity index is 1500. The van der Waals surface area contributed by atoms with Gasteiger partial charge in [0.15, 0.2) is 5.65 Å². The molecule has 0 spiro atoms. The number of sulfonamides is 1. The molecule has 7 nitrogen and oxygen atoms in total. The Morgan fingerprint density at radius 3 is 2.47 bits per heavy atom. The number of aromatic nitrogens is 3. The number of imidazole rings is 1. The lowest BCUT2D eigenvalue weighted by atomic mass is 10.1. The smallest absolute Gasteiger partial charge is 0.243 e. The molecule has 36 heavy (non-hydrogen) atoms. The third-order valence-corrected chi connectivity index (χ3v) is 9.39. The van der Waals surface area contributed by atoms with Crippen molar-refractivity contribution in [1.29, 1.82) is 0 Å². The molecular formula is C28H31N5O2S. The van der Waals surface area contributed by atoms with Gasteiger partial charge in [-0.2, -0.15) is 4.31 Å². The van der Waals surface area contributed by atoms with Gasteiger partial charge in [0.05, 0.1) is 11.4 Å². The second-order valence-electron chi connectivity index (χ2n) is 9.69. The Hall–Kier alpha value is -3.07. The summed E-state index contributed by atoms with van der Waals surface area (Å²) in [7, 11) is -3.48. The van der Waals surface area contributed by atoms with Gasteiger partial charge in [0.1, 0.15) is 11.3 Å². The monoisotopic (exact) mass is 501 g/mol. The average molecular weight is 502 g/mol. The molecule has 1 saturated heterocycles. The van der Waals surface area contributed by atoms with E-state index in [1.165, 1.54) is 16.7 Å². The fraction of sp³-hybridized carbons (Fsp3) is 0.357. The number of rotatable bonds is 6. The van der Waals surface area contributed by atoms with E-state index in [1.807, 2.05) is 24.3 Å². The quantitative estimate of drug-likeness (QED) is 0.400. The molecule has 8 heteroatoms. The molecule has 186 valence electrons. The van der Waals surface area contributed by atoms with Crippen LogP contribution in [0.3, 0.4) is 0 Å². The minimum absolute atomic E-state index is 0.431. The lowest BCUT2D eigenvalue weighted by molar-refractivity contribution is 0.177. The molecule has 4 aromatic rings. The van der Waals surface area contributed by atoms with Crippen molar-refractivity contribution >= 4 is 21.2 Å². The van der Waals surface area contributed by atoms with E-state index >= 15 is 0 Å². The average Bonchev–Trinajstić information content (AvgIpc) is 3.53. The summed E-state index contributed by atoms with van der Waals surface area (Å²) < 4.78 is 30.4. The summed E-state index contributed by atoms with van der Waals surface area (Å²) in [6.07, 6.45) is 5.93. The van der Waals surface area contributed by atoms with Gasteiger partial charge in [-0.1, -0.05) is 25.1 Å². The SMILES string of the molecule is CCc1ccc(-n2c(CN3CCN(S(=O)(=O)c4ccc5c(c4)CCC5)CC3)nc3cccnc32)cc1. The Morgan fingerprint density at radius 2 is 1.69 bits per heavy atom. The lowest BCUT2D eigenvalue weighted by Gasteiger charge is -2.33. The molecule has 0 bridgehead atoms. The van der Waals surface area contributed by atoms with Crippen LogP contribution < -0.4 is 0 Å². The third-order valence-electron chi connectivity index (χ3n) is 7.49.